The number of halogens is 2. The summed E-state index contributed by atoms with van der Waals surface area (Å²) >= 11 is 6.06. The molecule has 0 aliphatic heterocycles. The molecule has 0 spiro atoms. The highest BCUT2D eigenvalue weighted by molar-refractivity contribution is 7.92. The van der Waals surface area contributed by atoms with Crippen molar-refractivity contribution in [2.75, 3.05) is 10.6 Å². The number of carbonyl (C=O) groups is 1. The molecule has 0 aromatic heterocycles. The summed E-state index contributed by atoms with van der Waals surface area (Å²) in [6, 6.07) is 8.27. The molecule has 1 atom stereocenters. The summed E-state index contributed by atoms with van der Waals surface area (Å²) in [6.45, 7) is 1.81. The van der Waals surface area contributed by atoms with Gasteiger partial charge in [-0.1, -0.05) is 23.7 Å². The minimum Gasteiger partial charge on any atom is -0.480 e. The first kappa shape index (κ1) is 19.2. The van der Waals surface area contributed by atoms with E-state index in [0.717, 1.165) is 28.3 Å². The van der Waals surface area contributed by atoms with Gasteiger partial charge in [0.15, 0.2) is 0 Å². The lowest BCUT2D eigenvalue weighted by atomic mass is 10.0. The molecular weight excluding hydrogens is 369 g/mol. The van der Waals surface area contributed by atoms with E-state index >= 15 is 0 Å². The predicted octanol–water partition coefficient (Wildman–Crippen LogP) is 3.25. The second-order valence-electron chi connectivity index (χ2n) is 5.68. The smallest absolute Gasteiger partial charge is 0.327 e. The molecule has 0 aliphatic rings. The Bertz CT molecular complexity index is 884. The third kappa shape index (κ3) is 4.70. The van der Waals surface area contributed by atoms with E-state index in [1.54, 1.807) is 18.2 Å². The van der Waals surface area contributed by atoms with Crippen molar-refractivity contribution in [3.05, 3.63) is 64.4 Å². The third-order valence-corrected chi connectivity index (χ3v) is 5.26. The number of sulfonamides is 1. The fourth-order valence-corrected chi connectivity index (χ4v) is 3.78. The zero-order chi connectivity index (χ0) is 18.8. The molecule has 0 unspecified atom stereocenters. The minimum atomic E-state index is -3.92. The Morgan fingerprint density at radius 3 is 2.32 bits per heavy atom. The van der Waals surface area contributed by atoms with Crippen LogP contribution < -0.4 is 4.31 Å². The molecule has 2 aromatic carbocycles. The van der Waals surface area contributed by atoms with Crippen LogP contribution in [0.1, 0.15) is 11.1 Å². The van der Waals surface area contributed by atoms with Crippen molar-refractivity contribution in [3.63, 3.8) is 0 Å². The Labute approximate surface area is 150 Å². The molecule has 2 rings (SSSR count). The van der Waals surface area contributed by atoms with E-state index in [9.17, 15) is 22.7 Å². The average Bonchev–Trinajstić information content (AvgIpc) is 2.50. The molecule has 0 radical (unpaired) electrons. The number of anilines is 1. The summed E-state index contributed by atoms with van der Waals surface area (Å²) in [7, 11) is -3.92. The van der Waals surface area contributed by atoms with Gasteiger partial charge in [0.2, 0.25) is 10.0 Å². The highest BCUT2D eigenvalue weighted by atomic mass is 35.5. The normalized spacial score (nSPS) is 12.6. The molecule has 0 heterocycles. The Balaban J connectivity index is 2.47. The van der Waals surface area contributed by atoms with Gasteiger partial charge in [-0.2, -0.15) is 0 Å². The van der Waals surface area contributed by atoms with E-state index in [1.807, 2.05) is 6.92 Å². The van der Waals surface area contributed by atoms with Gasteiger partial charge in [0.05, 0.1) is 11.9 Å². The van der Waals surface area contributed by atoms with Crippen LogP contribution in [0.4, 0.5) is 10.1 Å². The summed E-state index contributed by atoms with van der Waals surface area (Å²) in [5, 5.41) is 10.1. The summed E-state index contributed by atoms with van der Waals surface area (Å²) in [5.41, 5.74) is 1.49. The van der Waals surface area contributed by atoms with Gasteiger partial charge in [-0.15, -0.1) is 0 Å². The van der Waals surface area contributed by atoms with E-state index in [4.69, 9.17) is 11.6 Å². The third-order valence-electron chi connectivity index (χ3n) is 3.67. The SMILES string of the molecule is Cc1ccc(C[C@H](C(=O)O)N(c2ccc(F)cc2)S(C)(=O)=O)cc1Cl. The van der Waals surface area contributed by atoms with Gasteiger partial charge < -0.3 is 5.11 Å². The zero-order valence-electron chi connectivity index (χ0n) is 13.6. The molecule has 0 aliphatic carbocycles. The summed E-state index contributed by atoms with van der Waals surface area (Å²) in [6.07, 6.45) is 0.828. The summed E-state index contributed by atoms with van der Waals surface area (Å²) in [5.74, 6) is -1.86. The number of carboxylic acid groups (broad SMARTS) is 1. The molecule has 0 saturated heterocycles. The number of aliphatic carboxylic acids is 1. The van der Waals surface area contributed by atoms with Crippen molar-refractivity contribution in [1.82, 2.24) is 0 Å². The van der Waals surface area contributed by atoms with Crippen molar-refractivity contribution < 1.29 is 22.7 Å². The van der Waals surface area contributed by atoms with Crippen LogP contribution in [0.15, 0.2) is 42.5 Å². The Morgan fingerprint density at radius 2 is 1.84 bits per heavy atom. The first-order valence-electron chi connectivity index (χ1n) is 7.32. The van der Waals surface area contributed by atoms with E-state index in [0.29, 0.717) is 10.6 Å². The van der Waals surface area contributed by atoms with Crippen LogP contribution in [0.2, 0.25) is 5.02 Å². The number of aryl methyl sites for hydroxylation is 1. The van der Waals surface area contributed by atoms with E-state index in [-0.39, 0.29) is 12.1 Å². The molecule has 8 heteroatoms. The van der Waals surface area contributed by atoms with Gasteiger partial charge in [0.1, 0.15) is 11.9 Å². The molecule has 0 bridgehead atoms. The fourth-order valence-electron chi connectivity index (χ4n) is 2.45. The fraction of sp³-hybridized carbons (Fsp3) is 0.235. The van der Waals surface area contributed by atoms with Crippen molar-refractivity contribution >= 4 is 33.3 Å². The maximum atomic E-state index is 13.1. The summed E-state index contributed by atoms with van der Waals surface area (Å²) < 4.78 is 38.4. The summed E-state index contributed by atoms with van der Waals surface area (Å²) in [4.78, 5) is 11.8. The molecule has 0 fully saturated rings. The molecule has 2 aromatic rings. The topological polar surface area (TPSA) is 74.7 Å². The van der Waals surface area contributed by atoms with Crippen molar-refractivity contribution in [2.45, 2.75) is 19.4 Å². The number of hydrogen-bond donors (Lipinski definition) is 1. The number of carboxylic acids is 1. The first-order chi connectivity index (χ1) is 11.6. The standard InChI is InChI=1S/C17H17ClFNO4S/c1-11-3-4-12(9-15(11)18)10-16(17(21)22)20(25(2,23)24)14-7-5-13(19)6-8-14/h3-9,16H,10H2,1-2H3,(H,21,22)/t16-/m1/s1. The molecular formula is C17H17ClFNO4S. The molecule has 0 amide bonds. The lowest BCUT2D eigenvalue weighted by Gasteiger charge is -2.29. The largest absolute Gasteiger partial charge is 0.480 e. The van der Waals surface area contributed by atoms with Crippen molar-refractivity contribution in [1.29, 1.82) is 0 Å². The highest BCUT2D eigenvalue weighted by Crippen LogP contribution is 2.25. The van der Waals surface area contributed by atoms with Gasteiger partial charge in [0.25, 0.3) is 0 Å². The Morgan fingerprint density at radius 1 is 1.24 bits per heavy atom. The average molecular weight is 386 g/mol. The van der Waals surface area contributed by atoms with Crippen LogP contribution in [-0.2, 0) is 21.2 Å². The van der Waals surface area contributed by atoms with Crippen molar-refractivity contribution in [2.24, 2.45) is 0 Å². The Kier molecular flexibility index (Phi) is 5.69. The van der Waals surface area contributed by atoms with Crippen molar-refractivity contribution in [3.8, 4) is 0 Å². The molecule has 1 N–H and O–H groups in total. The van der Waals surface area contributed by atoms with Gasteiger partial charge in [0, 0.05) is 11.4 Å². The first-order valence-corrected chi connectivity index (χ1v) is 9.55. The molecule has 25 heavy (non-hydrogen) atoms. The number of benzene rings is 2. The number of rotatable bonds is 6. The van der Waals surface area contributed by atoms with Crippen LogP contribution >= 0.6 is 11.6 Å². The lowest BCUT2D eigenvalue weighted by Crippen LogP contribution is -2.46. The van der Waals surface area contributed by atoms with Gasteiger partial charge in [-0.25, -0.2) is 17.6 Å². The molecule has 5 nitrogen and oxygen atoms in total. The quantitative estimate of drug-likeness (QED) is 0.828. The monoisotopic (exact) mass is 385 g/mol. The van der Waals surface area contributed by atoms with Crippen LogP contribution in [0.3, 0.4) is 0 Å². The Hall–Kier alpha value is -2.12. The molecule has 0 saturated carbocycles. The minimum absolute atomic E-state index is 0.0782. The van der Waals surface area contributed by atoms with E-state index in [1.165, 1.54) is 12.1 Å². The maximum Gasteiger partial charge on any atom is 0.327 e. The number of nitrogens with zero attached hydrogens (tertiary/aromatic N) is 1. The zero-order valence-corrected chi connectivity index (χ0v) is 15.2. The van der Waals surface area contributed by atoms with E-state index < -0.39 is 27.9 Å². The second kappa shape index (κ2) is 7.41. The van der Waals surface area contributed by atoms with Crippen LogP contribution in [0.5, 0.6) is 0 Å². The second-order valence-corrected chi connectivity index (χ2v) is 7.94. The molecule has 134 valence electrons. The van der Waals surface area contributed by atoms with Gasteiger partial charge in [-0.3, -0.25) is 4.31 Å². The van der Waals surface area contributed by atoms with Crippen LogP contribution in [0, 0.1) is 12.7 Å². The highest BCUT2D eigenvalue weighted by Gasteiger charge is 2.33. The van der Waals surface area contributed by atoms with Gasteiger partial charge in [-0.05, 0) is 48.4 Å². The lowest BCUT2D eigenvalue weighted by molar-refractivity contribution is -0.138. The van der Waals surface area contributed by atoms with Gasteiger partial charge >= 0.3 is 5.97 Å². The van der Waals surface area contributed by atoms with E-state index in [2.05, 4.69) is 0 Å². The number of hydrogen-bond acceptors (Lipinski definition) is 3. The van der Waals surface area contributed by atoms with Crippen LogP contribution in [0.25, 0.3) is 0 Å². The van der Waals surface area contributed by atoms with Crippen LogP contribution in [-0.4, -0.2) is 31.8 Å². The predicted molar refractivity (Wildman–Crippen MR) is 95.0 cm³/mol. The maximum absolute atomic E-state index is 13.1.